The van der Waals surface area contributed by atoms with Crippen molar-refractivity contribution in [2.45, 2.75) is 26.7 Å². The van der Waals surface area contributed by atoms with Crippen molar-refractivity contribution >= 4 is 11.6 Å². The number of rotatable bonds is 2. The van der Waals surface area contributed by atoms with Crippen molar-refractivity contribution in [1.29, 1.82) is 0 Å². The fourth-order valence-electron chi connectivity index (χ4n) is 1.59. The predicted octanol–water partition coefficient (Wildman–Crippen LogP) is 2.07. The molecule has 84 valence electrons. The SMILES string of the molecule is Cc1ccn2c([N+](=O)[O-])c(C(C)C)nc2n1. The molecule has 2 heterocycles. The first kappa shape index (κ1) is 10.5. The molecule has 0 amide bonds. The number of hydrogen-bond acceptors (Lipinski definition) is 4. The minimum Gasteiger partial charge on any atom is -0.358 e. The number of aryl methyl sites for hydroxylation is 1. The zero-order valence-electron chi connectivity index (χ0n) is 9.34. The number of hydrogen-bond donors (Lipinski definition) is 0. The van der Waals surface area contributed by atoms with Gasteiger partial charge < -0.3 is 10.1 Å². The Morgan fingerprint density at radius 1 is 1.44 bits per heavy atom. The molecule has 0 aliphatic heterocycles. The van der Waals surface area contributed by atoms with Gasteiger partial charge in [-0.3, -0.25) is 0 Å². The molecular weight excluding hydrogens is 208 g/mol. The second kappa shape index (κ2) is 3.55. The number of fused-ring (bicyclic) bond motifs is 1. The quantitative estimate of drug-likeness (QED) is 0.573. The van der Waals surface area contributed by atoms with Gasteiger partial charge in [0.15, 0.2) is 0 Å². The summed E-state index contributed by atoms with van der Waals surface area (Å²) in [6.07, 6.45) is 1.63. The van der Waals surface area contributed by atoms with Gasteiger partial charge in [-0.25, -0.2) is 0 Å². The molecule has 0 aromatic carbocycles. The molecule has 6 nitrogen and oxygen atoms in total. The monoisotopic (exact) mass is 220 g/mol. The first-order valence-corrected chi connectivity index (χ1v) is 5.00. The Bertz CT molecular complexity index is 559. The Kier molecular flexibility index (Phi) is 2.34. The van der Waals surface area contributed by atoms with Crippen LogP contribution in [0.2, 0.25) is 0 Å². The highest BCUT2D eigenvalue weighted by Gasteiger charge is 2.25. The van der Waals surface area contributed by atoms with Crippen LogP contribution in [-0.4, -0.2) is 19.3 Å². The number of nitro groups is 1. The van der Waals surface area contributed by atoms with Crippen molar-refractivity contribution in [2.75, 3.05) is 0 Å². The lowest BCUT2D eigenvalue weighted by Gasteiger charge is -1.99. The van der Waals surface area contributed by atoms with Gasteiger partial charge in [0, 0.05) is 11.6 Å². The number of imidazole rings is 1. The van der Waals surface area contributed by atoms with Gasteiger partial charge in [0.2, 0.25) is 0 Å². The Hall–Kier alpha value is -1.98. The molecule has 0 fully saturated rings. The highest BCUT2D eigenvalue weighted by atomic mass is 16.6. The van der Waals surface area contributed by atoms with E-state index in [1.165, 1.54) is 4.40 Å². The summed E-state index contributed by atoms with van der Waals surface area (Å²) in [5, 5.41) is 11.0. The van der Waals surface area contributed by atoms with Gasteiger partial charge in [0.1, 0.15) is 11.9 Å². The van der Waals surface area contributed by atoms with Crippen molar-refractivity contribution in [1.82, 2.24) is 14.4 Å². The van der Waals surface area contributed by atoms with Crippen LogP contribution >= 0.6 is 0 Å². The zero-order chi connectivity index (χ0) is 11.9. The normalized spacial score (nSPS) is 11.2. The van der Waals surface area contributed by atoms with Crippen molar-refractivity contribution in [3.05, 3.63) is 33.8 Å². The summed E-state index contributed by atoms with van der Waals surface area (Å²) in [6, 6.07) is 1.73. The summed E-state index contributed by atoms with van der Waals surface area (Å²) in [5.74, 6) is 0.398. The molecule has 16 heavy (non-hydrogen) atoms. The average molecular weight is 220 g/mol. The van der Waals surface area contributed by atoms with Crippen LogP contribution in [0.5, 0.6) is 0 Å². The summed E-state index contributed by atoms with van der Waals surface area (Å²) >= 11 is 0. The molecule has 0 radical (unpaired) electrons. The molecule has 0 spiro atoms. The largest absolute Gasteiger partial charge is 0.358 e. The van der Waals surface area contributed by atoms with Gasteiger partial charge in [-0.15, -0.1) is 0 Å². The standard InChI is InChI=1S/C10H12N4O2/c1-6(2)8-9(14(15)16)13-5-4-7(3)11-10(13)12-8/h4-6H,1-3H3. The van der Waals surface area contributed by atoms with Crippen LogP contribution in [0.15, 0.2) is 12.3 Å². The maximum Gasteiger partial charge on any atom is 0.352 e. The Morgan fingerprint density at radius 2 is 2.12 bits per heavy atom. The Morgan fingerprint density at radius 3 is 2.69 bits per heavy atom. The summed E-state index contributed by atoms with van der Waals surface area (Å²) in [7, 11) is 0. The summed E-state index contributed by atoms with van der Waals surface area (Å²) in [4.78, 5) is 19.0. The maximum absolute atomic E-state index is 11.0. The first-order valence-electron chi connectivity index (χ1n) is 5.00. The molecule has 6 heteroatoms. The molecular formula is C10H12N4O2. The second-order valence-corrected chi connectivity index (χ2v) is 3.97. The molecule has 2 rings (SSSR count). The van der Waals surface area contributed by atoms with Gasteiger partial charge in [-0.2, -0.15) is 14.4 Å². The number of nitrogens with zero attached hydrogens (tertiary/aromatic N) is 4. The summed E-state index contributed by atoms with van der Waals surface area (Å²) in [5.41, 5.74) is 1.27. The zero-order valence-corrected chi connectivity index (χ0v) is 9.34. The lowest BCUT2D eigenvalue weighted by Crippen LogP contribution is -1.99. The van der Waals surface area contributed by atoms with E-state index in [-0.39, 0.29) is 11.7 Å². The number of aromatic nitrogens is 3. The Balaban J connectivity index is 2.81. The smallest absolute Gasteiger partial charge is 0.352 e. The third-order valence-corrected chi connectivity index (χ3v) is 2.35. The molecule has 0 saturated carbocycles. The highest BCUT2D eigenvalue weighted by Crippen LogP contribution is 2.26. The predicted molar refractivity (Wildman–Crippen MR) is 58.5 cm³/mol. The van der Waals surface area contributed by atoms with Gasteiger partial charge in [0.25, 0.3) is 0 Å². The molecule has 2 aromatic heterocycles. The van der Waals surface area contributed by atoms with Gasteiger partial charge >= 0.3 is 11.6 Å². The van der Waals surface area contributed by atoms with E-state index in [0.29, 0.717) is 11.5 Å². The average Bonchev–Trinajstić information content (AvgIpc) is 2.55. The van der Waals surface area contributed by atoms with Crippen LogP contribution in [0.25, 0.3) is 5.78 Å². The topological polar surface area (TPSA) is 73.3 Å². The van der Waals surface area contributed by atoms with Crippen LogP contribution in [0.4, 0.5) is 5.82 Å². The second-order valence-electron chi connectivity index (χ2n) is 3.97. The van der Waals surface area contributed by atoms with E-state index in [9.17, 15) is 10.1 Å². The molecule has 0 bridgehead atoms. The van der Waals surface area contributed by atoms with Gasteiger partial charge in [-0.1, -0.05) is 13.8 Å². The molecule has 0 aliphatic rings. The van der Waals surface area contributed by atoms with E-state index in [0.717, 1.165) is 5.69 Å². The van der Waals surface area contributed by atoms with Crippen molar-refractivity contribution < 1.29 is 4.92 Å². The van der Waals surface area contributed by atoms with Crippen LogP contribution < -0.4 is 0 Å². The van der Waals surface area contributed by atoms with E-state index in [1.54, 1.807) is 12.3 Å². The minimum atomic E-state index is -0.410. The van der Waals surface area contributed by atoms with E-state index < -0.39 is 4.92 Å². The highest BCUT2D eigenvalue weighted by molar-refractivity contribution is 5.45. The van der Waals surface area contributed by atoms with Crippen LogP contribution in [-0.2, 0) is 0 Å². The molecule has 0 atom stereocenters. The van der Waals surface area contributed by atoms with E-state index in [1.807, 2.05) is 20.8 Å². The van der Waals surface area contributed by atoms with Gasteiger partial charge in [-0.05, 0) is 17.9 Å². The molecule has 0 unspecified atom stereocenters. The molecule has 0 N–H and O–H groups in total. The molecule has 2 aromatic rings. The van der Waals surface area contributed by atoms with Crippen molar-refractivity contribution in [2.24, 2.45) is 0 Å². The van der Waals surface area contributed by atoms with Crippen LogP contribution in [0, 0.1) is 17.0 Å². The maximum atomic E-state index is 11.0. The van der Waals surface area contributed by atoms with Crippen molar-refractivity contribution in [3.63, 3.8) is 0 Å². The lowest BCUT2D eigenvalue weighted by atomic mass is 10.1. The van der Waals surface area contributed by atoms with Gasteiger partial charge in [0.05, 0.1) is 0 Å². The first-order chi connectivity index (χ1) is 7.50. The fraction of sp³-hybridized carbons (Fsp3) is 0.400. The van der Waals surface area contributed by atoms with E-state index >= 15 is 0 Å². The minimum absolute atomic E-state index is 0.00223. The van der Waals surface area contributed by atoms with E-state index in [2.05, 4.69) is 9.97 Å². The summed E-state index contributed by atoms with van der Waals surface area (Å²) in [6.45, 7) is 5.58. The van der Waals surface area contributed by atoms with Crippen molar-refractivity contribution in [3.8, 4) is 0 Å². The molecule has 0 saturated heterocycles. The van der Waals surface area contributed by atoms with E-state index in [4.69, 9.17) is 0 Å². The summed E-state index contributed by atoms with van der Waals surface area (Å²) < 4.78 is 1.42. The molecule has 0 aliphatic carbocycles. The fourth-order valence-corrected chi connectivity index (χ4v) is 1.59. The lowest BCUT2D eigenvalue weighted by molar-refractivity contribution is -0.391. The third kappa shape index (κ3) is 1.52. The van der Waals surface area contributed by atoms with Crippen LogP contribution in [0.1, 0.15) is 31.2 Å². The van der Waals surface area contributed by atoms with Crippen LogP contribution in [0.3, 0.4) is 0 Å². The Labute approximate surface area is 92.1 Å². The third-order valence-electron chi connectivity index (χ3n) is 2.35.